The fourth-order valence-corrected chi connectivity index (χ4v) is 12.9. The van der Waals surface area contributed by atoms with Crippen molar-refractivity contribution in [1.82, 2.24) is 0 Å². The summed E-state index contributed by atoms with van der Waals surface area (Å²) in [5, 5.41) is 0. The molecule has 398 valence electrons. The molecule has 0 aromatic heterocycles. The van der Waals surface area contributed by atoms with Gasteiger partial charge in [0.15, 0.2) is 0 Å². The summed E-state index contributed by atoms with van der Waals surface area (Å²) < 4.78 is 22.2. The van der Waals surface area contributed by atoms with Gasteiger partial charge in [0.1, 0.15) is 0 Å². The van der Waals surface area contributed by atoms with Crippen LogP contribution < -0.4 is 39.2 Å². The number of hydrogen-bond donors (Lipinski definition) is 0. The number of carbonyl (C=O) groups is 8. The molecule has 8 heterocycles. The monoisotopic (exact) mass is 1050 g/mol. The van der Waals surface area contributed by atoms with Gasteiger partial charge < -0.3 is 39.2 Å². The van der Waals surface area contributed by atoms with Crippen molar-refractivity contribution in [3.05, 3.63) is 84.9 Å². The third-order valence-corrected chi connectivity index (χ3v) is 16.8. The molecule has 8 aliphatic rings. The maximum absolute atomic E-state index is 13.8. The topological polar surface area (TPSA) is 162 Å². The van der Waals surface area contributed by atoms with Gasteiger partial charge in [0.05, 0.1) is 2.74 Å². The van der Waals surface area contributed by atoms with E-state index in [-0.39, 0.29) is 81.6 Å². The Bertz CT molecular complexity index is 2920. The minimum atomic E-state index is -0.0896. The first-order valence-corrected chi connectivity index (χ1v) is 28.0. The molecule has 0 unspecified atom stereocenters. The summed E-state index contributed by atoms with van der Waals surface area (Å²) in [5.41, 5.74) is 6.96. The first kappa shape index (κ1) is 47.1. The maximum atomic E-state index is 13.8. The lowest BCUT2D eigenvalue weighted by Crippen LogP contribution is -2.26. The fourth-order valence-electron chi connectivity index (χ4n) is 12.9. The van der Waals surface area contributed by atoms with Crippen molar-refractivity contribution < 1.29 is 41.1 Å². The van der Waals surface area contributed by atoms with E-state index < -0.39 is 0 Å². The highest BCUT2D eigenvalue weighted by atomic mass is 16.2. The highest BCUT2D eigenvalue weighted by Crippen LogP contribution is 2.49. The van der Waals surface area contributed by atoms with Gasteiger partial charge in [0, 0.05) is 149 Å². The zero-order chi connectivity index (χ0) is 55.1. The van der Waals surface area contributed by atoms with E-state index in [9.17, 15) is 41.1 Å². The van der Waals surface area contributed by atoms with Crippen molar-refractivity contribution >= 4 is 92.8 Å². The lowest BCUT2D eigenvalue weighted by atomic mass is 9.84. The lowest BCUT2D eigenvalue weighted by molar-refractivity contribution is -0.117. The van der Waals surface area contributed by atoms with E-state index in [0.29, 0.717) is 223 Å². The van der Waals surface area contributed by atoms with Gasteiger partial charge in [-0.1, -0.05) is 0 Å². The molecule has 0 atom stereocenters. The number of anilines is 8. The normalized spacial score (nSPS) is 20.5. The van der Waals surface area contributed by atoms with Gasteiger partial charge in [0.2, 0.25) is 47.3 Å². The highest BCUT2D eigenvalue weighted by Gasteiger charge is 2.34. The molecular formula is C62H62N8O8. The summed E-state index contributed by atoms with van der Waals surface area (Å²) in [5.74, 6) is -0.717. The number of carbonyl (C=O) groups excluding carboxylic acids is 8. The molecule has 8 amide bonds. The van der Waals surface area contributed by atoms with E-state index in [4.69, 9.17) is 0 Å². The standard InChI is InChI=1S/C62H62N8O8/c71-55-9-1-17-63(55)43-25-39(26-44(33-43)64-18-2-10-56(64)72)51-37-53(41-29-47(67-21-5-13-59(67)75)35-48(30-41)68-22-6-14-60(68)76)54(42-31-49(69-23-7-15-61(69)77)36-50(32-42)70-24-8-16-62(70)78)38-52(51)40-27-45(65-19-3-11-57(65)73)34-46(28-40)66-20-4-12-58(66)74/h25-38H,1-24H2/i37D,38D. The van der Waals surface area contributed by atoms with Crippen molar-refractivity contribution in [2.75, 3.05) is 91.6 Å². The fraction of sp³-hybridized carbons (Fsp3) is 0.387. The van der Waals surface area contributed by atoms with E-state index in [1.54, 1.807) is 39.2 Å². The van der Waals surface area contributed by atoms with Gasteiger partial charge in [-0.25, -0.2) is 0 Å². The van der Waals surface area contributed by atoms with Crippen LogP contribution in [0, 0.1) is 0 Å². The van der Waals surface area contributed by atoms with Crippen LogP contribution in [0.4, 0.5) is 45.5 Å². The molecular weight excluding hydrogens is 985 g/mol. The second kappa shape index (κ2) is 20.0. The molecule has 8 saturated heterocycles. The first-order valence-electron chi connectivity index (χ1n) is 29.0. The van der Waals surface area contributed by atoms with Crippen LogP contribution in [0.5, 0.6) is 0 Å². The molecule has 16 nitrogen and oxygen atoms in total. The Morgan fingerprint density at radius 1 is 0.231 bits per heavy atom. The molecule has 0 aliphatic carbocycles. The largest absolute Gasteiger partial charge is 0.312 e. The van der Waals surface area contributed by atoms with E-state index in [0.717, 1.165) is 0 Å². The third kappa shape index (κ3) is 8.97. The molecule has 0 saturated carbocycles. The Hall–Kier alpha value is -8.14. The van der Waals surface area contributed by atoms with Crippen LogP contribution in [0.3, 0.4) is 0 Å². The minimum absolute atomic E-state index is 0.0684. The van der Waals surface area contributed by atoms with Gasteiger partial charge in [-0.05, 0) is 181 Å². The Kier molecular flexibility index (Phi) is 12.1. The number of rotatable bonds is 12. The van der Waals surface area contributed by atoms with Crippen LogP contribution in [0.25, 0.3) is 44.5 Å². The van der Waals surface area contributed by atoms with Crippen molar-refractivity contribution in [2.45, 2.75) is 103 Å². The molecule has 5 aromatic rings. The van der Waals surface area contributed by atoms with E-state index in [1.165, 1.54) is 0 Å². The zero-order valence-electron chi connectivity index (χ0n) is 45.7. The lowest BCUT2D eigenvalue weighted by Gasteiger charge is -2.27. The molecule has 8 fully saturated rings. The van der Waals surface area contributed by atoms with Crippen molar-refractivity contribution in [3.63, 3.8) is 0 Å². The average molecular weight is 1050 g/mol. The summed E-state index contributed by atoms with van der Waals surface area (Å²) in [4.78, 5) is 124. The number of amides is 8. The molecule has 0 spiro atoms. The van der Waals surface area contributed by atoms with Gasteiger partial charge in [-0.15, -0.1) is 0 Å². The molecule has 5 aromatic carbocycles. The van der Waals surface area contributed by atoms with Gasteiger partial charge >= 0.3 is 0 Å². The van der Waals surface area contributed by atoms with Crippen LogP contribution >= 0.6 is 0 Å². The second-order valence-corrected chi connectivity index (χ2v) is 21.9. The number of benzene rings is 5. The SMILES string of the molecule is [2H]c1c(-c2cc(N3CCCC3=O)cc(N3CCCC3=O)c2)c(-c2cc(N3CCCC3=O)cc(N3CCCC3=O)c2)c([2H])c(-c2cc(N3CCCC3=O)cc(N3CCCC3=O)c2)c1-c1cc(N2CCCC2=O)cc(N2CCCC2=O)c1. The summed E-state index contributed by atoms with van der Waals surface area (Å²) in [6.45, 7) is 3.45. The summed E-state index contributed by atoms with van der Waals surface area (Å²) >= 11 is 0. The Balaban J connectivity index is 1.18. The quantitative estimate of drug-likeness (QED) is 0.119. The predicted octanol–water partition coefficient (Wildman–Crippen LogP) is 9.37. The highest BCUT2D eigenvalue weighted by molar-refractivity contribution is 6.08. The predicted molar refractivity (Wildman–Crippen MR) is 301 cm³/mol. The number of hydrogen-bond acceptors (Lipinski definition) is 8. The number of nitrogens with zero attached hydrogens (tertiary/aromatic N) is 8. The van der Waals surface area contributed by atoms with Crippen LogP contribution in [-0.2, 0) is 38.4 Å². The smallest absolute Gasteiger partial charge is 0.227 e. The minimum Gasteiger partial charge on any atom is -0.312 e. The van der Waals surface area contributed by atoms with E-state index in [1.807, 2.05) is 72.8 Å². The molecule has 8 aliphatic heterocycles. The molecule has 16 heteroatoms. The molecule has 0 N–H and O–H groups in total. The van der Waals surface area contributed by atoms with Crippen molar-refractivity contribution in [2.24, 2.45) is 0 Å². The van der Waals surface area contributed by atoms with Crippen molar-refractivity contribution in [3.8, 4) is 44.5 Å². The molecule has 13 rings (SSSR count). The van der Waals surface area contributed by atoms with Crippen LogP contribution in [0.1, 0.15) is 105 Å². The molecule has 78 heavy (non-hydrogen) atoms. The van der Waals surface area contributed by atoms with Crippen LogP contribution in [0.2, 0.25) is 0 Å². The van der Waals surface area contributed by atoms with Crippen molar-refractivity contribution in [1.29, 1.82) is 0 Å². The Morgan fingerprint density at radius 3 is 0.487 bits per heavy atom. The van der Waals surface area contributed by atoms with E-state index in [2.05, 4.69) is 0 Å². The van der Waals surface area contributed by atoms with Gasteiger partial charge in [-0.3, -0.25) is 38.4 Å². The summed E-state index contributed by atoms with van der Waals surface area (Å²) in [6.07, 6.45) is 7.62. The van der Waals surface area contributed by atoms with Crippen LogP contribution in [0.15, 0.2) is 84.9 Å². The average Bonchev–Trinajstić information content (AvgIpc) is 4.46. The molecule has 0 radical (unpaired) electrons. The zero-order valence-corrected chi connectivity index (χ0v) is 43.7. The second-order valence-electron chi connectivity index (χ2n) is 21.9. The maximum Gasteiger partial charge on any atom is 0.227 e. The van der Waals surface area contributed by atoms with Gasteiger partial charge in [-0.2, -0.15) is 0 Å². The third-order valence-electron chi connectivity index (χ3n) is 16.8. The Labute approximate surface area is 455 Å². The first-order chi connectivity index (χ1) is 38.8. The molecule has 0 bridgehead atoms. The van der Waals surface area contributed by atoms with Crippen LogP contribution in [-0.4, -0.2) is 99.6 Å². The summed E-state index contributed by atoms with van der Waals surface area (Å²) in [6, 6.07) is 22.0. The summed E-state index contributed by atoms with van der Waals surface area (Å²) in [7, 11) is 0. The van der Waals surface area contributed by atoms with E-state index >= 15 is 0 Å². The Morgan fingerprint density at radius 2 is 0.372 bits per heavy atom. The van der Waals surface area contributed by atoms with Gasteiger partial charge in [0.25, 0.3) is 0 Å².